The van der Waals surface area contributed by atoms with Crippen molar-refractivity contribution in [3.05, 3.63) is 35.9 Å². The van der Waals surface area contributed by atoms with Gasteiger partial charge in [-0.25, -0.2) is 4.79 Å². The molecule has 1 aromatic rings. The van der Waals surface area contributed by atoms with Crippen molar-refractivity contribution in [3.8, 4) is 0 Å². The largest absolute Gasteiger partial charge is 0.478 e. The number of rotatable bonds is 2. The number of benzene rings is 1. The molecule has 14 heavy (non-hydrogen) atoms. The molecule has 5 heteroatoms. The van der Waals surface area contributed by atoms with Crippen LogP contribution < -0.4 is 5.46 Å². The maximum absolute atomic E-state index is 10.1. The summed E-state index contributed by atoms with van der Waals surface area (Å²) in [7, 11) is 5.44. The van der Waals surface area contributed by atoms with E-state index in [1.165, 1.54) is 6.08 Å². The Morgan fingerprint density at radius 3 is 2.14 bits per heavy atom. The number of carboxylic acids is 1. The molecular weight excluding hydrogens is 183 g/mol. The topological polar surface area (TPSA) is 100 Å². The second kappa shape index (κ2) is 6.88. The van der Waals surface area contributed by atoms with Crippen molar-refractivity contribution in [2.45, 2.75) is 0 Å². The summed E-state index contributed by atoms with van der Waals surface area (Å²) >= 11 is 0. The van der Waals surface area contributed by atoms with Crippen molar-refractivity contribution in [3.63, 3.8) is 0 Å². The van der Waals surface area contributed by atoms with Crippen molar-refractivity contribution < 1.29 is 20.9 Å². The molecule has 0 heterocycles. The van der Waals surface area contributed by atoms with Crippen LogP contribution in [0.15, 0.2) is 30.3 Å². The normalized spacial score (nSPS) is 8.86. The molecule has 0 saturated heterocycles. The molecule has 0 aromatic heterocycles. The fourth-order valence-electron chi connectivity index (χ4n) is 0.775. The van der Waals surface area contributed by atoms with Crippen LogP contribution in [-0.4, -0.2) is 29.9 Å². The molecule has 0 atom stereocenters. The Morgan fingerprint density at radius 1 is 1.21 bits per heavy atom. The molecule has 2 radical (unpaired) electrons. The summed E-state index contributed by atoms with van der Waals surface area (Å²) in [6.45, 7) is 0. The van der Waals surface area contributed by atoms with E-state index in [1.54, 1.807) is 24.3 Å². The second-order valence-electron chi connectivity index (χ2n) is 2.34. The second-order valence-corrected chi connectivity index (χ2v) is 2.34. The standard InChI is InChI=1S/C9H7BO2.2H2O/c10-8-4-1-7(2-5-8)3-6-9(11)12;;/h1-6H,(H,11,12);2*1H2. The van der Waals surface area contributed by atoms with Gasteiger partial charge in [0.2, 0.25) is 0 Å². The van der Waals surface area contributed by atoms with Crippen LogP contribution in [0.4, 0.5) is 0 Å². The number of carboxylic acid groups (broad SMARTS) is 1. The third-order valence-corrected chi connectivity index (χ3v) is 1.35. The van der Waals surface area contributed by atoms with E-state index >= 15 is 0 Å². The monoisotopic (exact) mass is 194 g/mol. The van der Waals surface area contributed by atoms with Gasteiger partial charge in [-0.05, 0) is 11.6 Å². The van der Waals surface area contributed by atoms with Gasteiger partial charge in [0.15, 0.2) is 0 Å². The van der Waals surface area contributed by atoms with Gasteiger partial charge in [-0.2, -0.15) is 0 Å². The van der Waals surface area contributed by atoms with Crippen LogP contribution in [-0.2, 0) is 4.79 Å². The summed E-state index contributed by atoms with van der Waals surface area (Å²) in [5.41, 5.74) is 1.49. The Hall–Kier alpha value is -1.59. The zero-order chi connectivity index (χ0) is 8.97. The Balaban J connectivity index is 0. The Morgan fingerprint density at radius 2 is 1.71 bits per heavy atom. The maximum Gasteiger partial charge on any atom is 0.328 e. The van der Waals surface area contributed by atoms with Gasteiger partial charge in [0.25, 0.3) is 0 Å². The fourth-order valence-corrected chi connectivity index (χ4v) is 0.775. The van der Waals surface area contributed by atoms with E-state index in [2.05, 4.69) is 0 Å². The Bertz CT molecular complexity index is 305. The molecule has 0 aliphatic rings. The van der Waals surface area contributed by atoms with Gasteiger partial charge in [0, 0.05) is 6.08 Å². The zero-order valence-electron chi connectivity index (χ0n) is 7.40. The van der Waals surface area contributed by atoms with Crippen LogP contribution in [0.3, 0.4) is 0 Å². The van der Waals surface area contributed by atoms with Crippen LogP contribution >= 0.6 is 0 Å². The lowest BCUT2D eigenvalue weighted by atomic mass is 9.95. The molecule has 0 amide bonds. The van der Waals surface area contributed by atoms with Crippen LogP contribution in [0.5, 0.6) is 0 Å². The van der Waals surface area contributed by atoms with E-state index in [0.717, 1.165) is 11.6 Å². The summed E-state index contributed by atoms with van der Waals surface area (Å²) in [4.78, 5) is 10.1. The van der Waals surface area contributed by atoms with Gasteiger partial charge in [-0.3, -0.25) is 0 Å². The summed E-state index contributed by atoms with van der Waals surface area (Å²) < 4.78 is 0. The first-order valence-corrected chi connectivity index (χ1v) is 3.45. The van der Waals surface area contributed by atoms with Crippen molar-refractivity contribution in [2.75, 3.05) is 0 Å². The van der Waals surface area contributed by atoms with E-state index in [1.807, 2.05) is 0 Å². The Labute approximate surface area is 82.9 Å². The number of aliphatic carboxylic acids is 1. The van der Waals surface area contributed by atoms with Gasteiger partial charge >= 0.3 is 5.97 Å². The van der Waals surface area contributed by atoms with Crippen molar-refractivity contribution in [2.24, 2.45) is 0 Å². The molecule has 0 aliphatic carbocycles. The smallest absolute Gasteiger partial charge is 0.328 e. The van der Waals surface area contributed by atoms with Gasteiger partial charge in [-0.1, -0.05) is 29.7 Å². The van der Waals surface area contributed by atoms with Gasteiger partial charge in [0.05, 0.1) is 0 Å². The molecule has 0 saturated carbocycles. The highest BCUT2D eigenvalue weighted by molar-refractivity contribution is 6.32. The van der Waals surface area contributed by atoms with Crippen molar-refractivity contribution in [1.82, 2.24) is 0 Å². The van der Waals surface area contributed by atoms with E-state index in [0.29, 0.717) is 5.46 Å². The molecule has 0 unspecified atom stereocenters. The summed E-state index contributed by atoms with van der Waals surface area (Å²) in [6, 6.07) is 6.96. The molecule has 1 aromatic carbocycles. The highest BCUT2D eigenvalue weighted by Crippen LogP contribution is 1.98. The Kier molecular flexibility index (Phi) is 7.33. The quantitative estimate of drug-likeness (QED) is 0.478. The third-order valence-electron chi connectivity index (χ3n) is 1.35. The van der Waals surface area contributed by atoms with E-state index < -0.39 is 5.97 Å². The van der Waals surface area contributed by atoms with E-state index in [9.17, 15) is 4.79 Å². The SMILES string of the molecule is O.O.[B]c1ccc(C=CC(=O)O)cc1. The number of hydrogen-bond acceptors (Lipinski definition) is 1. The molecule has 0 bridgehead atoms. The zero-order valence-corrected chi connectivity index (χ0v) is 7.40. The number of hydrogen-bond donors (Lipinski definition) is 1. The van der Waals surface area contributed by atoms with Crippen LogP contribution in [0, 0.1) is 0 Å². The highest BCUT2D eigenvalue weighted by Gasteiger charge is 1.88. The fraction of sp³-hybridized carbons (Fsp3) is 0. The average molecular weight is 194 g/mol. The predicted molar refractivity (Wildman–Crippen MR) is 55.7 cm³/mol. The molecule has 74 valence electrons. The molecule has 0 aliphatic heterocycles. The first kappa shape index (κ1) is 14.9. The molecule has 1 rings (SSSR count). The summed E-state index contributed by atoms with van der Waals surface area (Å²) in [6.07, 6.45) is 2.60. The van der Waals surface area contributed by atoms with Crippen LogP contribution in [0.1, 0.15) is 5.56 Å². The van der Waals surface area contributed by atoms with Gasteiger partial charge in [-0.15, -0.1) is 0 Å². The van der Waals surface area contributed by atoms with Crippen LogP contribution in [0.2, 0.25) is 0 Å². The molecule has 0 fully saturated rings. The minimum Gasteiger partial charge on any atom is -0.478 e. The van der Waals surface area contributed by atoms with Crippen LogP contribution in [0.25, 0.3) is 6.08 Å². The first-order valence-electron chi connectivity index (χ1n) is 3.45. The molecule has 5 N–H and O–H groups in total. The molecule has 4 nitrogen and oxygen atoms in total. The summed E-state index contributed by atoms with van der Waals surface area (Å²) in [5, 5.41) is 8.32. The lowest BCUT2D eigenvalue weighted by Gasteiger charge is -1.93. The first-order chi connectivity index (χ1) is 5.68. The van der Waals surface area contributed by atoms with Gasteiger partial charge in [0.1, 0.15) is 7.85 Å². The number of carbonyl (C=O) groups is 1. The predicted octanol–water partition coefficient (Wildman–Crippen LogP) is -1.07. The van der Waals surface area contributed by atoms with Crippen molar-refractivity contribution >= 4 is 25.4 Å². The highest BCUT2D eigenvalue weighted by atomic mass is 16.4. The lowest BCUT2D eigenvalue weighted by Crippen LogP contribution is -1.99. The van der Waals surface area contributed by atoms with E-state index in [-0.39, 0.29) is 11.0 Å². The minimum absolute atomic E-state index is 0. The average Bonchev–Trinajstić information content (AvgIpc) is 2.03. The summed E-state index contributed by atoms with van der Waals surface area (Å²) in [5.74, 6) is -0.952. The molecule has 0 spiro atoms. The lowest BCUT2D eigenvalue weighted by molar-refractivity contribution is -0.131. The van der Waals surface area contributed by atoms with E-state index in [4.69, 9.17) is 13.0 Å². The molecular formula is C9H11BO4. The third kappa shape index (κ3) is 5.13. The van der Waals surface area contributed by atoms with Crippen molar-refractivity contribution in [1.29, 1.82) is 0 Å². The minimum atomic E-state index is -0.952. The maximum atomic E-state index is 10.1. The van der Waals surface area contributed by atoms with Gasteiger partial charge < -0.3 is 16.1 Å².